The largest absolute Gasteiger partial charge is 0.401 e. The number of alkyl halides is 3. The number of nitrogens with zero attached hydrogens (tertiary/aromatic N) is 4. The monoisotopic (exact) mass is 633 g/mol. The van der Waals surface area contributed by atoms with Gasteiger partial charge in [0, 0.05) is 50.9 Å². The van der Waals surface area contributed by atoms with E-state index in [1.54, 1.807) is 19.2 Å². The molecule has 8 nitrogen and oxygen atoms in total. The summed E-state index contributed by atoms with van der Waals surface area (Å²) >= 11 is 0. The van der Waals surface area contributed by atoms with Crippen molar-refractivity contribution < 1.29 is 21.6 Å². The Labute approximate surface area is 251 Å². The van der Waals surface area contributed by atoms with E-state index in [4.69, 9.17) is 0 Å². The summed E-state index contributed by atoms with van der Waals surface area (Å²) in [6.07, 6.45) is -3.16. The standard InChI is InChI=1S/C30H38F3N5O3SSi/c1-20-16-23(21(2)34-26-9-8-22(10-15-43(5,6)7)35-28(26)42(4,40)41)24-18-27(36(3)29(39)25(24)17-20)38-13-11-37(12-14-38)19-30(31,32)33/h8-9,16-18,21,34H,11-14,19H2,1-7H3/t21-/m1/s1. The Hall–Kier alpha value is -3.34. The number of nitrogens with one attached hydrogen (secondary N) is 1. The first-order valence-electron chi connectivity index (χ1n) is 14.0. The van der Waals surface area contributed by atoms with Crippen LogP contribution in [0.25, 0.3) is 10.8 Å². The lowest BCUT2D eigenvalue weighted by atomic mass is 9.97. The highest BCUT2D eigenvalue weighted by Gasteiger charge is 2.32. The highest BCUT2D eigenvalue weighted by Crippen LogP contribution is 2.32. The molecule has 1 aliphatic heterocycles. The average Bonchev–Trinajstić information content (AvgIpc) is 2.88. The summed E-state index contributed by atoms with van der Waals surface area (Å²) in [5.74, 6) is 3.63. The normalized spacial score (nSPS) is 15.7. The zero-order valence-electron chi connectivity index (χ0n) is 25.6. The van der Waals surface area contributed by atoms with Crippen molar-refractivity contribution in [1.82, 2.24) is 14.5 Å². The maximum atomic E-state index is 13.5. The van der Waals surface area contributed by atoms with Crippen molar-refractivity contribution in [2.75, 3.05) is 49.2 Å². The first-order chi connectivity index (χ1) is 19.8. The second-order valence-electron chi connectivity index (χ2n) is 12.2. The molecule has 43 heavy (non-hydrogen) atoms. The number of anilines is 2. The van der Waals surface area contributed by atoms with Gasteiger partial charge in [-0.1, -0.05) is 31.6 Å². The van der Waals surface area contributed by atoms with Gasteiger partial charge < -0.3 is 10.2 Å². The summed E-state index contributed by atoms with van der Waals surface area (Å²) in [5.41, 5.74) is 5.34. The molecule has 0 bridgehead atoms. The minimum atomic E-state index is -4.26. The number of pyridine rings is 2. The van der Waals surface area contributed by atoms with Crippen LogP contribution in [0.1, 0.15) is 29.8 Å². The number of sulfone groups is 1. The minimum absolute atomic E-state index is 0.105. The zero-order chi connectivity index (χ0) is 31.9. The van der Waals surface area contributed by atoms with E-state index in [-0.39, 0.29) is 23.7 Å². The lowest BCUT2D eigenvalue weighted by Crippen LogP contribution is -2.50. The predicted octanol–water partition coefficient (Wildman–Crippen LogP) is 4.73. The fourth-order valence-electron chi connectivity index (χ4n) is 5.19. The number of piperazine rings is 1. The highest BCUT2D eigenvalue weighted by atomic mass is 32.2. The van der Waals surface area contributed by atoms with Crippen LogP contribution in [-0.4, -0.2) is 76.1 Å². The van der Waals surface area contributed by atoms with E-state index in [0.717, 1.165) is 17.4 Å². The van der Waals surface area contributed by atoms with E-state index >= 15 is 0 Å². The molecule has 1 aromatic carbocycles. The van der Waals surface area contributed by atoms with Gasteiger partial charge in [-0.2, -0.15) is 13.2 Å². The molecule has 0 aliphatic carbocycles. The van der Waals surface area contributed by atoms with Gasteiger partial charge in [-0.05, 0) is 54.6 Å². The number of fused-ring (bicyclic) bond motifs is 1. The van der Waals surface area contributed by atoms with Crippen LogP contribution in [-0.2, 0) is 16.9 Å². The molecular formula is C30H38F3N5O3SSi. The van der Waals surface area contributed by atoms with Crippen molar-refractivity contribution in [3.8, 4) is 11.5 Å². The number of rotatable bonds is 6. The van der Waals surface area contributed by atoms with Gasteiger partial charge >= 0.3 is 6.18 Å². The molecule has 1 fully saturated rings. The van der Waals surface area contributed by atoms with Gasteiger partial charge in [0.1, 0.15) is 19.6 Å². The number of aromatic nitrogens is 2. The molecule has 3 heterocycles. The lowest BCUT2D eigenvalue weighted by Gasteiger charge is -2.37. The van der Waals surface area contributed by atoms with Crippen molar-refractivity contribution in [2.45, 2.75) is 50.7 Å². The molecule has 2 aromatic heterocycles. The fraction of sp³-hybridized carbons (Fsp3) is 0.467. The molecule has 1 aliphatic rings. The molecule has 1 atom stereocenters. The SMILES string of the molecule is Cc1cc([C@@H](C)Nc2ccc(C#C[Si](C)(C)C)nc2S(C)(=O)=O)c2cc(N3CCN(CC(F)(F)F)CC3)n(C)c(=O)c2c1. The van der Waals surface area contributed by atoms with Crippen molar-refractivity contribution in [3.05, 3.63) is 57.5 Å². The third-order valence-corrected chi connectivity index (χ3v) is 9.11. The van der Waals surface area contributed by atoms with Crippen LogP contribution in [0.15, 0.2) is 40.2 Å². The summed E-state index contributed by atoms with van der Waals surface area (Å²) in [5, 5.41) is 4.38. The second-order valence-corrected chi connectivity index (χ2v) is 18.9. The Kier molecular flexibility index (Phi) is 9.07. The van der Waals surface area contributed by atoms with Gasteiger partial charge in [0.05, 0.1) is 12.2 Å². The summed E-state index contributed by atoms with van der Waals surface area (Å²) in [4.78, 5) is 21.2. The van der Waals surface area contributed by atoms with Crippen molar-refractivity contribution in [2.24, 2.45) is 7.05 Å². The summed E-state index contributed by atoms with van der Waals surface area (Å²) in [7, 11) is -3.74. The number of aryl methyl sites for hydroxylation is 1. The van der Waals surface area contributed by atoms with Gasteiger partial charge in [-0.3, -0.25) is 14.3 Å². The first-order valence-corrected chi connectivity index (χ1v) is 19.4. The van der Waals surface area contributed by atoms with Crippen LogP contribution in [0.3, 0.4) is 0 Å². The van der Waals surface area contributed by atoms with Crippen molar-refractivity contribution in [3.63, 3.8) is 0 Å². The number of hydrogen-bond donors (Lipinski definition) is 1. The van der Waals surface area contributed by atoms with Gasteiger partial charge in [-0.15, -0.1) is 5.54 Å². The van der Waals surface area contributed by atoms with Crippen molar-refractivity contribution in [1.29, 1.82) is 0 Å². The van der Waals surface area contributed by atoms with Crippen LogP contribution in [0.2, 0.25) is 19.6 Å². The van der Waals surface area contributed by atoms with Crippen LogP contribution in [0.4, 0.5) is 24.7 Å². The molecule has 0 unspecified atom stereocenters. The average molecular weight is 634 g/mol. The van der Waals surface area contributed by atoms with Crippen LogP contribution in [0, 0.1) is 18.4 Å². The number of hydrogen-bond acceptors (Lipinski definition) is 7. The zero-order valence-corrected chi connectivity index (χ0v) is 27.4. The van der Waals surface area contributed by atoms with Crippen LogP contribution in [0.5, 0.6) is 0 Å². The fourth-order valence-corrected chi connectivity index (χ4v) is 6.48. The molecule has 4 rings (SSSR count). The molecule has 0 amide bonds. The molecule has 1 saturated heterocycles. The third kappa shape index (κ3) is 7.98. The summed E-state index contributed by atoms with van der Waals surface area (Å²) in [6, 6.07) is 8.59. The molecule has 0 radical (unpaired) electrons. The van der Waals surface area contributed by atoms with Gasteiger partial charge in [0.25, 0.3) is 5.56 Å². The third-order valence-electron chi connectivity index (χ3n) is 7.22. The Morgan fingerprint density at radius 1 is 1.07 bits per heavy atom. The Morgan fingerprint density at radius 3 is 2.30 bits per heavy atom. The minimum Gasteiger partial charge on any atom is -0.376 e. The molecule has 13 heteroatoms. The van der Waals surface area contributed by atoms with E-state index in [9.17, 15) is 26.4 Å². The summed E-state index contributed by atoms with van der Waals surface area (Å²) in [6.45, 7) is 10.2. The van der Waals surface area contributed by atoms with Gasteiger partial charge in [-0.25, -0.2) is 13.4 Å². The molecular weight excluding hydrogens is 596 g/mol. The van der Waals surface area contributed by atoms with Crippen LogP contribution >= 0.6 is 0 Å². The lowest BCUT2D eigenvalue weighted by molar-refractivity contribution is -0.146. The van der Waals surface area contributed by atoms with E-state index in [1.165, 1.54) is 9.47 Å². The van der Waals surface area contributed by atoms with E-state index < -0.39 is 36.7 Å². The Morgan fingerprint density at radius 2 is 1.72 bits per heavy atom. The van der Waals surface area contributed by atoms with Gasteiger partial charge in [0.2, 0.25) is 0 Å². The smallest absolute Gasteiger partial charge is 0.376 e. The maximum absolute atomic E-state index is 13.5. The van der Waals surface area contributed by atoms with Crippen molar-refractivity contribution >= 4 is 40.2 Å². The summed E-state index contributed by atoms with van der Waals surface area (Å²) < 4.78 is 65.7. The first kappa shape index (κ1) is 32.6. The number of halogens is 3. The van der Waals surface area contributed by atoms with Gasteiger partial charge in [0.15, 0.2) is 14.9 Å². The highest BCUT2D eigenvalue weighted by molar-refractivity contribution is 7.90. The van der Waals surface area contributed by atoms with E-state index in [2.05, 4.69) is 41.4 Å². The Balaban J connectivity index is 1.72. The second kappa shape index (κ2) is 12.0. The van der Waals surface area contributed by atoms with E-state index in [1.807, 2.05) is 36.9 Å². The molecule has 3 aromatic rings. The maximum Gasteiger partial charge on any atom is 0.401 e. The van der Waals surface area contributed by atoms with Crippen LogP contribution < -0.4 is 15.8 Å². The quantitative estimate of drug-likeness (QED) is 0.310. The topological polar surface area (TPSA) is 87.5 Å². The molecule has 232 valence electrons. The molecule has 0 saturated carbocycles. The van der Waals surface area contributed by atoms with E-state index in [0.29, 0.717) is 41.1 Å². The predicted molar refractivity (Wildman–Crippen MR) is 168 cm³/mol. The number of benzene rings is 1. The Bertz CT molecular complexity index is 1760. The molecule has 1 N–H and O–H groups in total. The molecule has 0 spiro atoms.